The first-order valence-corrected chi connectivity index (χ1v) is 12.7. The topological polar surface area (TPSA) is 59.8 Å². The van der Waals surface area contributed by atoms with Gasteiger partial charge in [0.2, 0.25) is 5.76 Å². The van der Waals surface area contributed by atoms with Gasteiger partial charge >= 0.3 is 0 Å². The first kappa shape index (κ1) is 24.0. The summed E-state index contributed by atoms with van der Waals surface area (Å²) in [6.07, 6.45) is 0. The van der Waals surface area contributed by atoms with Crippen LogP contribution >= 0.6 is 11.6 Å². The van der Waals surface area contributed by atoms with E-state index in [1.54, 1.807) is 29.2 Å². The second-order valence-corrected chi connectivity index (χ2v) is 9.95. The minimum atomic E-state index is -0.710. The van der Waals surface area contributed by atoms with E-state index in [4.69, 9.17) is 20.8 Å². The molecule has 1 aromatic heterocycles. The Hall–Kier alpha value is -4.35. The third-order valence-corrected chi connectivity index (χ3v) is 7.23. The molecular formula is C32H24ClNO4. The number of aryl methyl sites for hydroxylation is 2. The van der Waals surface area contributed by atoms with Crippen LogP contribution in [0.1, 0.15) is 44.4 Å². The summed E-state index contributed by atoms with van der Waals surface area (Å²) in [7, 11) is 0. The number of benzene rings is 4. The Kier molecular flexibility index (Phi) is 6.01. The van der Waals surface area contributed by atoms with Crippen LogP contribution < -0.4 is 15.1 Å². The molecule has 38 heavy (non-hydrogen) atoms. The quantitative estimate of drug-likeness (QED) is 0.242. The average Bonchev–Trinajstić information content (AvgIpc) is 3.22. The van der Waals surface area contributed by atoms with Crippen LogP contribution in [0.5, 0.6) is 5.75 Å². The van der Waals surface area contributed by atoms with Crippen LogP contribution in [0.4, 0.5) is 5.69 Å². The van der Waals surface area contributed by atoms with Crippen molar-refractivity contribution >= 4 is 34.2 Å². The summed E-state index contributed by atoms with van der Waals surface area (Å²) in [5.74, 6) is 0.293. The van der Waals surface area contributed by atoms with E-state index in [0.29, 0.717) is 39.6 Å². The lowest BCUT2D eigenvalue weighted by atomic mass is 9.97. The second-order valence-electron chi connectivity index (χ2n) is 9.51. The normalized spacial score (nSPS) is 14.7. The van der Waals surface area contributed by atoms with Crippen molar-refractivity contribution in [1.82, 2.24) is 0 Å². The van der Waals surface area contributed by atoms with Crippen LogP contribution in [0.25, 0.3) is 11.0 Å². The zero-order chi connectivity index (χ0) is 26.4. The summed E-state index contributed by atoms with van der Waals surface area (Å²) in [6, 6.07) is 27.4. The van der Waals surface area contributed by atoms with Gasteiger partial charge in [0, 0.05) is 10.7 Å². The van der Waals surface area contributed by atoms with E-state index in [0.717, 1.165) is 22.3 Å². The molecule has 0 aliphatic carbocycles. The molecule has 0 spiro atoms. The average molecular weight is 522 g/mol. The molecule has 2 heterocycles. The largest absolute Gasteiger partial charge is 0.489 e. The smallest absolute Gasteiger partial charge is 0.295 e. The van der Waals surface area contributed by atoms with Crippen molar-refractivity contribution in [3.63, 3.8) is 0 Å². The molecule has 0 fully saturated rings. The summed E-state index contributed by atoms with van der Waals surface area (Å²) in [6.45, 7) is 4.30. The van der Waals surface area contributed by atoms with E-state index in [1.165, 1.54) is 0 Å². The third-order valence-electron chi connectivity index (χ3n) is 7.00. The zero-order valence-corrected chi connectivity index (χ0v) is 21.7. The fourth-order valence-electron chi connectivity index (χ4n) is 4.95. The highest BCUT2D eigenvalue weighted by Gasteiger charge is 2.43. The second kappa shape index (κ2) is 9.51. The molecule has 0 saturated carbocycles. The number of fused-ring (bicyclic) bond motifs is 2. The number of carbonyl (C=O) groups is 1. The van der Waals surface area contributed by atoms with Gasteiger partial charge in [-0.15, -0.1) is 0 Å². The highest BCUT2D eigenvalue weighted by atomic mass is 35.5. The first-order chi connectivity index (χ1) is 18.4. The van der Waals surface area contributed by atoms with Crippen molar-refractivity contribution in [2.75, 3.05) is 4.90 Å². The molecule has 1 aliphatic heterocycles. The van der Waals surface area contributed by atoms with Gasteiger partial charge in [0.25, 0.3) is 5.91 Å². The monoisotopic (exact) mass is 521 g/mol. The predicted octanol–water partition coefficient (Wildman–Crippen LogP) is 7.39. The van der Waals surface area contributed by atoms with E-state index in [2.05, 4.69) is 0 Å². The van der Waals surface area contributed by atoms with Crippen molar-refractivity contribution in [3.05, 3.63) is 140 Å². The Balaban J connectivity index is 1.51. The van der Waals surface area contributed by atoms with Gasteiger partial charge in [0.15, 0.2) is 5.43 Å². The van der Waals surface area contributed by atoms with Crippen molar-refractivity contribution in [3.8, 4) is 5.75 Å². The molecule has 6 heteroatoms. The molecule has 188 valence electrons. The van der Waals surface area contributed by atoms with E-state index in [1.807, 2.05) is 80.6 Å². The molecule has 0 radical (unpaired) electrons. The molecule has 1 atom stereocenters. The number of anilines is 1. The molecule has 4 aromatic carbocycles. The highest BCUT2D eigenvalue weighted by molar-refractivity contribution is 6.31. The van der Waals surface area contributed by atoms with E-state index < -0.39 is 6.04 Å². The summed E-state index contributed by atoms with van der Waals surface area (Å²) in [5.41, 5.74) is 4.80. The van der Waals surface area contributed by atoms with Crippen LogP contribution in [0.15, 0.2) is 100 Å². The maximum absolute atomic E-state index is 14.0. The maximum atomic E-state index is 14.0. The van der Waals surface area contributed by atoms with Crippen LogP contribution in [-0.2, 0) is 6.61 Å². The highest BCUT2D eigenvalue weighted by Crippen LogP contribution is 2.42. The van der Waals surface area contributed by atoms with Crippen molar-refractivity contribution in [2.45, 2.75) is 26.5 Å². The fraction of sp³-hybridized carbons (Fsp3) is 0.125. The SMILES string of the molecule is Cc1cc2oc3c(c(=O)c2cc1C)C(c1cccc(OCc2ccccc2)c1)N(c1cccc(Cl)c1)C3=O. The van der Waals surface area contributed by atoms with Gasteiger partial charge in [0.1, 0.15) is 17.9 Å². The van der Waals surface area contributed by atoms with Crippen molar-refractivity contribution in [2.24, 2.45) is 0 Å². The Morgan fingerprint density at radius 2 is 1.63 bits per heavy atom. The summed E-state index contributed by atoms with van der Waals surface area (Å²) < 4.78 is 12.2. The zero-order valence-electron chi connectivity index (χ0n) is 20.9. The molecule has 0 saturated heterocycles. The van der Waals surface area contributed by atoms with Gasteiger partial charge in [-0.1, -0.05) is 60.1 Å². The van der Waals surface area contributed by atoms with Crippen molar-refractivity contribution < 1.29 is 13.9 Å². The number of hydrogen-bond acceptors (Lipinski definition) is 4. The lowest BCUT2D eigenvalue weighted by molar-refractivity contribution is 0.0971. The molecular weight excluding hydrogens is 498 g/mol. The number of nitrogens with zero attached hydrogens (tertiary/aromatic N) is 1. The van der Waals surface area contributed by atoms with Gasteiger partial charge in [-0.2, -0.15) is 0 Å². The minimum absolute atomic E-state index is 0.0475. The number of rotatable bonds is 5. The van der Waals surface area contributed by atoms with Crippen LogP contribution in [-0.4, -0.2) is 5.91 Å². The number of halogens is 1. The molecule has 6 rings (SSSR count). The van der Waals surface area contributed by atoms with Gasteiger partial charge in [0.05, 0.1) is 17.0 Å². The first-order valence-electron chi connectivity index (χ1n) is 12.3. The number of ether oxygens (including phenoxy) is 1. The number of hydrogen-bond donors (Lipinski definition) is 0. The summed E-state index contributed by atoms with van der Waals surface area (Å²) in [5, 5.41) is 0.940. The van der Waals surface area contributed by atoms with E-state index in [-0.39, 0.29) is 17.1 Å². The Bertz CT molecular complexity index is 1760. The van der Waals surface area contributed by atoms with Crippen LogP contribution in [0, 0.1) is 13.8 Å². The summed E-state index contributed by atoms with van der Waals surface area (Å²) in [4.78, 5) is 29.4. The molecule has 5 nitrogen and oxygen atoms in total. The molecule has 0 N–H and O–H groups in total. The number of carbonyl (C=O) groups excluding carboxylic acids is 1. The number of amides is 1. The minimum Gasteiger partial charge on any atom is -0.489 e. The lowest BCUT2D eigenvalue weighted by Crippen LogP contribution is -2.29. The fourth-order valence-corrected chi connectivity index (χ4v) is 5.14. The van der Waals surface area contributed by atoms with Gasteiger partial charge in [-0.3, -0.25) is 14.5 Å². The van der Waals surface area contributed by atoms with E-state index in [9.17, 15) is 9.59 Å². The molecule has 5 aromatic rings. The van der Waals surface area contributed by atoms with Crippen molar-refractivity contribution in [1.29, 1.82) is 0 Å². The molecule has 1 unspecified atom stereocenters. The molecule has 1 amide bonds. The third kappa shape index (κ3) is 4.15. The summed E-state index contributed by atoms with van der Waals surface area (Å²) >= 11 is 6.31. The van der Waals surface area contributed by atoms with E-state index >= 15 is 0 Å². The van der Waals surface area contributed by atoms with Crippen LogP contribution in [0.3, 0.4) is 0 Å². The van der Waals surface area contributed by atoms with Gasteiger partial charge in [-0.05, 0) is 78.6 Å². The molecule has 0 bridgehead atoms. The molecule has 1 aliphatic rings. The van der Waals surface area contributed by atoms with Gasteiger partial charge in [-0.25, -0.2) is 0 Å². The standard InChI is InChI=1S/C32H24ClNO4/c1-19-14-26-27(15-20(19)2)38-31-28(30(26)35)29(34(32(31)36)24-12-7-11-23(33)17-24)22-10-6-13-25(16-22)37-18-21-8-4-3-5-9-21/h3-17,29H,18H2,1-2H3. The van der Waals surface area contributed by atoms with Crippen LogP contribution in [0.2, 0.25) is 5.02 Å². The Morgan fingerprint density at radius 1 is 0.868 bits per heavy atom. The predicted molar refractivity (Wildman–Crippen MR) is 149 cm³/mol. The Labute approximate surface area is 224 Å². The lowest BCUT2D eigenvalue weighted by Gasteiger charge is -2.25. The Morgan fingerprint density at radius 3 is 2.42 bits per heavy atom. The van der Waals surface area contributed by atoms with Gasteiger partial charge < -0.3 is 9.15 Å². The maximum Gasteiger partial charge on any atom is 0.295 e.